The summed E-state index contributed by atoms with van der Waals surface area (Å²) in [4.78, 5) is 6.45. The minimum absolute atomic E-state index is 0.991. The second-order valence-corrected chi connectivity index (χ2v) is 4.37. The number of fused-ring (bicyclic) bond motifs is 2. The van der Waals surface area contributed by atoms with Crippen molar-refractivity contribution in [2.75, 3.05) is 11.9 Å². The second kappa shape index (κ2) is 3.34. The van der Waals surface area contributed by atoms with Crippen LogP contribution in [0.2, 0.25) is 0 Å². The lowest BCUT2D eigenvalue weighted by molar-refractivity contribution is 1.03. The first-order valence-corrected chi connectivity index (χ1v) is 5.52. The molecule has 0 N–H and O–H groups in total. The van der Waals surface area contributed by atoms with Crippen LogP contribution in [-0.2, 0) is 6.42 Å². The van der Waals surface area contributed by atoms with E-state index >= 15 is 0 Å². The molecule has 0 aliphatic carbocycles. The Morgan fingerprint density at radius 3 is 2.81 bits per heavy atom. The maximum atomic E-state index is 4.20. The van der Waals surface area contributed by atoms with E-state index in [0.717, 1.165) is 6.42 Å². The van der Waals surface area contributed by atoms with E-state index in [1.54, 1.807) is 0 Å². The maximum Gasteiger partial charge on any atom is 0.0475 e. The summed E-state index contributed by atoms with van der Waals surface area (Å²) in [6.07, 6.45) is 4.82. The van der Waals surface area contributed by atoms with Gasteiger partial charge in [-0.15, -0.1) is 0 Å². The van der Waals surface area contributed by atoms with Gasteiger partial charge in [-0.3, -0.25) is 4.98 Å². The number of hydrogen-bond acceptors (Lipinski definition) is 2. The van der Waals surface area contributed by atoms with Gasteiger partial charge in [-0.25, -0.2) is 0 Å². The Balaban J connectivity index is 2.18. The first-order chi connectivity index (χ1) is 7.75. The molecule has 0 saturated heterocycles. The van der Waals surface area contributed by atoms with Gasteiger partial charge in [0.1, 0.15) is 0 Å². The minimum Gasteiger partial charge on any atom is -0.344 e. The molecular weight excluding hydrogens is 196 g/mol. The molecule has 0 amide bonds. The molecule has 2 aromatic rings. The summed E-state index contributed by atoms with van der Waals surface area (Å²) in [5, 5.41) is 0. The Morgan fingerprint density at radius 2 is 1.94 bits per heavy atom. The van der Waals surface area contributed by atoms with Crippen molar-refractivity contribution in [1.29, 1.82) is 0 Å². The quantitative estimate of drug-likeness (QED) is 0.664. The molecule has 2 nitrogen and oxygen atoms in total. The highest BCUT2D eigenvalue weighted by atomic mass is 15.1. The fraction of sp³-hybridized carbons (Fsp3) is 0.214. The summed E-state index contributed by atoms with van der Waals surface area (Å²) in [6, 6.07) is 8.72. The third-order valence-electron chi connectivity index (χ3n) is 3.22. The van der Waals surface area contributed by atoms with Gasteiger partial charge in [0.15, 0.2) is 0 Å². The topological polar surface area (TPSA) is 16.1 Å². The van der Waals surface area contributed by atoms with Crippen molar-refractivity contribution in [3.8, 4) is 0 Å². The van der Waals surface area contributed by atoms with Gasteiger partial charge in [0.25, 0.3) is 0 Å². The maximum absolute atomic E-state index is 4.20. The fourth-order valence-electron chi connectivity index (χ4n) is 2.40. The van der Waals surface area contributed by atoms with Crippen LogP contribution in [0.5, 0.6) is 0 Å². The van der Waals surface area contributed by atoms with Crippen LogP contribution in [0.25, 0.3) is 0 Å². The molecule has 16 heavy (non-hydrogen) atoms. The number of rotatable bonds is 0. The van der Waals surface area contributed by atoms with Gasteiger partial charge in [-0.05, 0) is 30.2 Å². The number of aryl methyl sites for hydroxylation is 1. The second-order valence-electron chi connectivity index (χ2n) is 4.37. The Hall–Kier alpha value is -1.83. The first-order valence-electron chi connectivity index (χ1n) is 5.52. The highest BCUT2D eigenvalue weighted by Crippen LogP contribution is 2.36. The summed E-state index contributed by atoms with van der Waals surface area (Å²) < 4.78 is 0. The lowest BCUT2D eigenvalue weighted by Crippen LogP contribution is -2.18. The average Bonchev–Trinajstić information content (AvgIpc) is 2.29. The third-order valence-corrected chi connectivity index (χ3v) is 3.22. The molecule has 1 aromatic heterocycles. The van der Waals surface area contributed by atoms with Crippen LogP contribution < -0.4 is 4.90 Å². The van der Waals surface area contributed by atoms with E-state index in [1.807, 2.05) is 12.4 Å². The third kappa shape index (κ3) is 1.30. The largest absolute Gasteiger partial charge is 0.344 e. The summed E-state index contributed by atoms with van der Waals surface area (Å²) >= 11 is 0. The highest BCUT2D eigenvalue weighted by Gasteiger charge is 2.19. The van der Waals surface area contributed by atoms with Crippen LogP contribution in [0.3, 0.4) is 0 Å². The van der Waals surface area contributed by atoms with Crippen LogP contribution >= 0.6 is 0 Å². The molecule has 0 spiro atoms. The molecule has 0 bridgehead atoms. The number of pyridine rings is 1. The van der Waals surface area contributed by atoms with Crippen LogP contribution in [0.1, 0.15) is 16.7 Å². The number of nitrogens with zero attached hydrogens (tertiary/aromatic N) is 2. The van der Waals surface area contributed by atoms with E-state index in [9.17, 15) is 0 Å². The van der Waals surface area contributed by atoms with Gasteiger partial charge >= 0.3 is 0 Å². The molecule has 0 atom stereocenters. The number of anilines is 2. The molecule has 1 aromatic carbocycles. The average molecular weight is 210 g/mol. The van der Waals surface area contributed by atoms with Gasteiger partial charge in [-0.1, -0.05) is 17.7 Å². The summed E-state index contributed by atoms with van der Waals surface area (Å²) in [7, 11) is 2.12. The Bertz CT molecular complexity index is 546. The van der Waals surface area contributed by atoms with Gasteiger partial charge in [0, 0.05) is 37.2 Å². The van der Waals surface area contributed by atoms with E-state index in [0.29, 0.717) is 0 Å². The molecule has 0 radical (unpaired) electrons. The zero-order valence-electron chi connectivity index (χ0n) is 9.57. The van der Waals surface area contributed by atoms with Crippen LogP contribution in [-0.4, -0.2) is 12.0 Å². The Labute approximate surface area is 95.6 Å². The van der Waals surface area contributed by atoms with Gasteiger partial charge in [0.2, 0.25) is 0 Å². The van der Waals surface area contributed by atoms with Crippen molar-refractivity contribution >= 4 is 11.4 Å². The summed E-state index contributed by atoms with van der Waals surface area (Å²) in [5.74, 6) is 0. The smallest absolute Gasteiger partial charge is 0.0475 e. The molecule has 3 rings (SSSR count). The molecule has 2 heterocycles. The Morgan fingerprint density at radius 1 is 1.12 bits per heavy atom. The van der Waals surface area contributed by atoms with Crippen LogP contribution in [0.4, 0.5) is 11.4 Å². The van der Waals surface area contributed by atoms with E-state index in [1.165, 1.54) is 28.1 Å². The van der Waals surface area contributed by atoms with E-state index in [4.69, 9.17) is 0 Å². The molecular formula is C14H14N2. The van der Waals surface area contributed by atoms with Crippen LogP contribution in [0.15, 0.2) is 36.7 Å². The van der Waals surface area contributed by atoms with Crippen molar-refractivity contribution in [2.24, 2.45) is 0 Å². The van der Waals surface area contributed by atoms with Gasteiger partial charge in [-0.2, -0.15) is 0 Å². The highest BCUT2D eigenvalue weighted by molar-refractivity contribution is 5.73. The van der Waals surface area contributed by atoms with E-state index < -0.39 is 0 Å². The van der Waals surface area contributed by atoms with E-state index in [2.05, 4.69) is 48.1 Å². The summed E-state index contributed by atoms with van der Waals surface area (Å²) in [5.41, 5.74) is 6.60. The lowest BCUT2D eigenvalue weighted by atomic mass is 9.96. The van der Waals surface area contributed by atoms with Crippen molar-refractivity contribution in [3.05, 3.63) is 53.3 Å². The minimum atomic E-state index is 0.991. The first kappa shape index (κ1) is 9.40. The molecule has 0 fully saturated rings. The standard InChI is InChI=1S/C14H14N2/c1-10-3-4-13-11(7-10)8-12-9-15-6-5-14(12)16(13)2/h3-7,9H,8H2,1-2H3. The molecule has 0 unspecified atom stereocenters. The lowest BCUT2D eigenvalue weighted by Gasteiger charge is -2.29. The van der Waals surface area contributed by atoms with Crippen molar-refractivity contribution in [2.45, 2.75) is 13.3 Å². The van der Waals surface area contributed by atoms with E-state index in [-0.39, 0.29) is 0 Å². The zero-order valence-corrected chi connectivity index (χ0v) is 9.57. The summed E-state index contributed by atoms with van der Waals surface area (Å²) in [6.45, 7) is 2.14. The SMILES string of the molecule is Cc1ccc2c(c1)Cc1cnccc1N2C. The van der Waals surface area contributed by atoms with Crippen molar-refractivity contribution < 1.29 is 0 Å². The van der Waals surface area contributed by atoms with Gasteiger partial charge < -0.3 is 4.90 Å². The van der Waals surface area contributed by atoms with Crippen molar-refractivity contribution in [1.82, 2.24) is 4.98 Å². The number of aromatic nitrogens is 1. The molecule has 2 heteroatoms. The molecule has 1 aliphatic rings. The number of hydrogen-bond donors (Lipinski definition) is 0. The van der Waals surface area contributed by atoms with Crippen molar-refractivity contribution in [3.63, 3.8) is 0 Å². The molecule has 1 aliphatic heterocycles. The fourth-order valence-corrected chi connectivity index (χ4v) is 2.40. The van der Waals surface area contributed by atoms with Crippen LogP contribution in [0, 0.1) is 6.92 Å². The molecule has 0 saturated carbocycles. The molecule has 80 valence electrons. The predicted octanol–water partition coefficient (Wildman–Crippen LogP) is 3.06. The van der Waals surface area contributed by atoms with Gasteiger partial charge in [0.05, 0.1) is 0 Å². The monoisotopic (exact) mass is 210 g/mol. The predicted molar refractivity (Wildman–Crippen MR) is 66.3 cm³/mol. The Kier molecular flexibility index (Phi) is 1.96. The normalized spacial score (nSPS) is 13.2. The number of benzene rings is 1. The zero-order chi connectivity index (χ0) is 11.1.